The highest BCUT2D eigenvalue weighted by atomic mass is 79.9. The summed E-state index contributed by atoms with van der Waals surface area (Å²) >= 11 is 3.54. The van der Waals surface area contributed by atoms with Crippen molar-refractivity contribution >= 4 is 15.9 Å². The molecule has 1 N–H and O–H groups in total. The molecule has 2 rings (SSSR count). The lowest BCUT2D eigenvalue weighted by Crippen LogP contribution is -2.24. The van der Waals surface area contributed by atoms with Gasteiger partial charge in [0.1, 0.15) is 5.82 Å². The van der Waals surface area contributed by atoms with E-state index in [1.54, 1.807) is 13.1 Å². The number of hydrogen-bond donors (Lipinski definition) is 1. The normalized spacial score (nSPS) is 12.4. The van der Waals surface area contributed by atoms with Gasteiger partial charge >= 0.3 is 0 Å². The fourth-order valence-corrected chi connectivity index (χ4v) is 2.60. The van der Waals surface area contributed by atoms with Crippen LogP contribution in [0.15, 0.2) is 41.0 Å². The van der Waals surface area contributed by atoms with E-state index in [2.05, 4.69) is 33.2 Å². The Morgan fingerprint density at radius 2 is 2.15 bits per heavy atom. The summed E-state index contributed by atoms with van der Waals surface area (Å²) in [5, 5.41) is 3.47. The monoisotopic (exact) mass is 336 g/mol. The molecule has 0 saturated heterocycles. The summed E-state index contributed by atoms with van der Waals surface area (Å²) in [6.45, 7) is 4.78. The van der Waals surface area contributed by atoms with Gasteiger partial charge in [-0.15, -0.1) is 0 Å². The zero-order chi connectivity index (χ0) is 14.5. The van der Waals surface area contributed by atoms with Crippen molar-refractivity contribution in [1.29, 1.82) is 0 Å². The lowest BCUT2D eigenvalue weighted by molar-refractivity contribution is 0.578. The second-order valence-corrected chi connectivity index (χ2v) is 5.62. The number of rotatable bonds is 5. The predicted molar refractivity (Wildman–Crippen MR) is 83.2 cm³/mol. The maximum Gasteiger partial charge on any atom is 0.126 e. The van der Waals surface area contributed by atoms with Crippen molar-refractivity contribution in [3.8, 4) is 0 Å². The molecule has 0 saturated carbocycles. The van der Waals surface area contributed by atoms with E-state index in [1.165, 1.54) is 6.07 Å². The topological polar surface area (TPSA) is 24.9 Å². The fourth-order valence-electron chi connectivity index (χ4n) is 2.12. The molecule has 2 nitrogen and oxygen atoms in total. The molecule has 0 aliphatic heterocycles. The number of aryl methyl sites for hydroxylation is 1. The van der Waals surface area contributed by atoms with Crippen LogP contribution in [-0.2, 0) is 0 Å². The van der Waals surface area contributed by atoms with Gasteiger partial charge < -0.3 is 5.32 Å². The van der Waals surface area contributed by atoms with E-state index in [4.69, 9.17) is 0 Å². The summed E-state index contributed by atoms with van der Waals surface area (Å²) in [5.74, 6) is -0.178. The van der Waals surface area contributed by atoms with E-state index < -0.39 is 0 Å². The lowest BCUT2D eigenvalue weighted by atomic mass is 10.0. The van der Waals surface area contributed by atoms with Crippen LogP contribution in [-0.4, -0.2) is 11.5 Å². The molecular weight excluding hydrogens is 319 g/mol. The first-order valence-electron chi connectivity index (χ1n) is 6.73. The molecule has 2 aromatic rings. The van der Waals surface area contributed by atoms with E-state index in [-0.39, 0.29) is 11.9 Å². The molecule has 1 unspecified atom stereocenters. The molecule has 1 aromatic heterocycles. The molecule has 0 aliphatic carbocycles. The first kappa shape index (κ1) is 15.1. The summed E-state index contributed by atoms with van der Waals surface area (Å²) in [7, 11) is 0. The van der Waals surface area contributed by atoms with Gasteiger partial charge in [0.05, 0.1) is 11.7 Å². The van der Waals surface area contributed by atoms with Crippen LogP contribution in [0.3, 0.4) is 0 Å². The molecule has 0 spiro atoms. The summed E-state index contributed by atoms with van der Waals surface area (Å²) in [4.78, 5) is 4.46. The zero-order valence-electron chi connectivity index (χ0n) is 11.7. The van der Waals surface area contributed by atoms with Crippen LogP contribution < -0.4 is 5.32 Å². The van der Waals surface area contributed by atoms with Gasteiger partial charge in [0.15, 0.2) is 0 Å². The van der Waals surface area contributed by atoms with Crippen LogP contribution in [0.2, 0.25) is 0 Å². The van der Waals surface area contributed by atoms with Crippen molar-refractivity contribution < 1.29 is 4.39 Å². The quantitative estimate of drug-likeness (QED) is 0.876. The molecule has 106 valence electrons. The second-order valence-electron chi connectivity index (χ2n) is 4.77. The third-order valence-electron chi connectivity index (χ3n) is 3.17. The van der Waals surface area contributed by atoms with Gasteiger partial charge in [-0.2, -0.15) is 0 Å². The van der Waals surface area contributed by atoms with Crippen LogP contribution in [0.5, 0.6) is 0 Å². The lowest BCUT2D eigenvalue weighted by Gasteiger charge is -2.20. The van der Waals surface area contributed by atoms with Gasteiger partial charge in [0.25, 0.3) is 0 Å². The van der Waals surface area contributed by atoms with Gasteiger partial charge in [-0.05, 0) is 65.1 Å². The summed E-state index contributed by atoms with van der Waals surface area (Å²) in [6.07, 6.45) is 2.80. The minimum atomic E-state index is -0.178. The molecular formula is C16H18BrFN2. The van der Waals surface area contributed by atoms with Crippen molar-refractivity contribution in [3.05, 3.63) is 63.6 Å². The van der Waals surface area contributed by atoms with Crippen LogP contribution in [0.25, 0.3) is 0 Å². The van der Waals surface area contributed by atoms with Crippen LogP contribution >= 0.6 is 15.9 Å². The molecule has 1 heterocycles. The summed E-state index contributed by atoms with van der Waals surface area (Å²) in [5.41, 5.74) is 2.60. The Balaban J connectivity index is 2.41. The Hall–Kier alpha value is -1.26. The predicted octanol–water partition coefficient (Wildman–Crippen LogP) is 4.38. The molecule has 1 aromatic carbocycles. The molecule has 20 heavy (non-hydrogen) atoms. The summed E-state index contributed by atoms with van der Waals surface area (Å²) in [6, 6.07) is 9.03. The summed E-state index contributed by atoms with van der Waals surface area (Å²) < 4.78 is 14.4. The molecule has 1 atom stereocenters. The first-order valence-corrected chi connectivity index (χ1v) is 7.52. The third-order valence-corrected chi connectivity index (χ3v) is 3.84. The van der Waals surface area contributed by atoms with Gasteiger partial charge in [-0.3, -0.25) is 4.98 Å². The minimum absolute atomic E-state index is 0.0372. The molecule has 0 bridgehead atoms. The molecule has 0 fully saturated rings. The minimum Gasteiger partial charge on any atom is -0.305 e. The standard InChI is InChI=1S/C16H18BrFN2/c1-3-8-19-15(16-13(17)5-4-9-20-16)12-6-7-14(18)11(2)10-12/h4-7,9-10,15,19H,3,8H2,1-2H3. The zero-order valence-corrected chi connectivity index (χ0v) is 13.2. The SMILES string of the molecule is CCCNC(c1ccc(F)c(C)c1)c1ncccc1Br. The molecule has 0 aliphatic rings. The van der Waals surface area contributed by atoms with Gasteiger partial charge in [0, 0.05) is 10.7 Å². The highest BCUT2D eigenvalue weighted by molar-refractivity contribution is 9.10. The van der Waals surface area contributed by atoms with Crippen LogP contribution in [0, 0.1) is 12.7 Å². The van der Waals surface area contributed by atoms with Crippen LogP contribution in [0.4, 0.5) is 4.39 Å². The average molecular weight is 337 g/mol. The number of hydrogen-bond acceptors (Lipinski definition) is 2. The number of benzene rings is 1. The van der Waals surface area contributed by atoms with Crippen LogP contribution in [0.1, 0.15) is 36.2 Å². The van der Waals surface area contributed by atoms with Crippen molar-refractivity contribution in [1.82, 2.24) is 10.3 Å². The van der Waals surface area contributed by atoms with Crippen molar-refractivity contribution in [3.63, 3.8) is 0 Å². The van der Waals surface area contributed by atoms with E-state index in [0.717, 1.165) is 28.7 Å². The number of halogens is 2. The van der Waals surface area contributed by atoms with E-state index in [1.807, 2.05) is 24.3 Å². The number of aromatic nitrogens is 1. The highest BCUT2D eigenvalue weighted by Crippen LogP contribution is 2.27. The van der Waals surface area contributed by atoms with E-state index in [9.17, 15) is 4.39 Å². The average Bonchev–Trinajstić information content (AvgIpc) is 2.44. The molecule has 0 radical (unpaired) electrons. The number of pyridine rings is 1. The van der Waals surface area contributed by atoms with Gasteiger partial charge in [-0.1, -0.05) is 19.1 Å². The largest absolute Gasteiger partial charge is 0.305 e. The fraction of sp³-hybridized carbons (Fsp3) is 0.312. The number of nitrogens with one attached hydrogen (secondary N) is 1. The van der Waals surface area contributed by atoms with Crippen molar-refractivity contribution in [2.45, 2.75) is 26.3 Å². The van der Waals surface area contributed by atoms with Crippen molar-refractivity contribution in [2.24, 2.45) is 0 Å². The number of nitrogens with zero attached hydrogens (tertiary/aromatic N) is 1. The Morgan fingerprint density at radius 3 is 2.80 bits per heavy atom. The third kappa shape index (κ3) is 3.44. The maximum atomic E-state index is 13.5. The van der Waals surface area contributed by atoms with Gasteiger partial charge in [-0.25, -0.2) is 4.39 Å². The van der Waals surface area contributed by atoms with E-state index >= 15 is 0 Å². The molecule has 0 amide bonds. The Kier molecular flexibility index (Phi) is 5.26. The van der Waals surface area contributed by atoms with Gasteiger partial charge in [0.2, 0.25) is 0 Å². The van der Waals surface area contributed by atoms with E-state index in [0.29, 0.717) is 5.56 Å². The Morgan fingerprint density at radius 1 is 1.35 bits per heavy atom. The first-order chi connectivity index (χ1) is 9.63. The smallest absolute Gasteiger partial charge is 0.126 e. The maximum absolute atomic E-state index is 13.5. The molecule has 4 heteroatoms. The Bertz CT molecular complexity index is 586. The highest BCUT2D eigenvalue weighted by Gasteiger charge is 2.18. The Labute approximate surface area is 127 Å². The van der Waals surface area contributed by atoms with Crippen molar-refractivity contribution in [2.75, 3.05) is 6.54 Å². The second kappa shape index (κ2) is 6.95.